The van der Waals surface area contributed by atoms with Crippen molar-refractivity contribution in [1.29, 1.82) is 0 Å². The predicted molar refractivity (Wildman–Crippen MR) is 111 cm³/mol. The number of hydrogen-bond donors (Lipinski definition) is 2. The molecule has 2 amide bonds. The number of amides is 2. The van der Waals surface area contributed by atoms with Crippen LogP contribution >= 0.6 is 0 Å². The number of piperidine rings is 1. The van der Waals surface area contributed by atoms with Gasteiger partial charge in [-0.25, -0.2) is 8.42 Å². The van der Waals surface area contributed by atoms with E-state index in [-0.39, 0.29) is 30.2 Å². The molecule has 0 aromatic rings. The highest BCUT2D eigenvalue weighted by Crippen LogP contribution is 2.43. The fourth-order valence-corrected chi connectivity index (χ4v) is 5.25. The largest absolute Gasteiger partial charge is 0.390 e. The Morgan fingerprint density at radius 2 is 1.93 bits per heavy atom. The molecule has 2 rings (SSSR count). The summed E-state index contributed by atoms with van der Waals surface area (Å²) in [6.45, 7) is 3.26. The van der Waals surface area contributed by atoms with Gasteiger partial charge in [0.2, 0.25) is 11.8 Å². The third-order valence-electron chi connectivity index (χ3n) is 6.35. The first-order chi connectivity index (χ1) is 13.4. The Kier molecular flexibility index (Phi) is 8.06. The third kappa shape index (κ3) is 6.37. The van der Waals surface area contributed by atoms with Crippen LogP contribution in [-0.2, 0) is 19.4 Å². The van der Waals surface area contributed by atoms with Gasteiger partial charge >= 0.3 is 0 Å². The zero-order valence-corrected chi connectivity index (χ0v) is 18.7. The van der Waals surface area contributed by atoms with Gasteiger partial charge in [0.15, 0.2) is 0 Å². The molecule has 10 heteroatoms. The Bertz CT molecular complexity index is 697. The van der Waals surface area contributed by atoms with E-state index in [1.807, 2.05) is 11.9 Å². The van der Waals surface area contributed by atoms with E-state index in [9.17, 15) is 23.1 Å². The molecule has 2 saturated heterocycles. The second-order valence-electron chi connectivity index (χ2n) is 8.68. The third-order valence-corrected chi connectivity index (χ3v) is 7.27. The van der Waals surface area contributed by atoms with Crippen LogP contribution < -0.4 is 5.73 Å². The molecule has 2 aliphatic rings. The number of rotatable bonds is 11. The number of aliphatic hydroxyl groups is 1. The van der Waals surface area contributed by atoms with E-state index in [1.165, 1.54) is 13.2 Å². The van der Waals surface area contributed by atoms with Crippen LogP contribution in [0.15, 0.2) is 0 Å². The molecule has 0 aromatic carbocycles. The fourth-order valence-electron chi connectivity index (χ4n) is 4.61. The van der Waals surface area contributed by atoms with Crippen LogP contribution in [0.25, 0.3) is 0 Å². The molecule has 0 aliphatic carbocycles. The number of nitrogens with zero attached hydrogens (tertiary/aromatic N) is 3. The summed E-state index contributed by atoms with van der Waals surface area (Å²) in [5.41, 5.74) is 5.06. The molecule has 0 radical (unpaired) electrons. The number of nitrogens with two attached hydrogens (primary N) is 1. The summed E-state index contributed by atoms with van der Waals surface area (Å²) >= 11 is 0. The number of β-amino-alcohol motifs (C(OH)–C–C–N with tert-alkyl or cyclic N) is 1. The number of primary amides is 1. The summed E-state index contributed by atoms with van der Waals surface area (Å²) in [5, 5.41) is 10.7. The summed E-state index contributed by atoms with van der Waals surface area (Å²) in [6.07, 6.45) is 4.78. The number of carbonyl (C=O) groups excluding carboxylic acids is 2. The van der Waals surface area contributed by atoms with E-state index >= 15 is 0 Å². The number of sulfone groups is 1. The average molecular weight is 433 g/mol. The van der Waals surface area contributed by atoms with Crippen LogP contribution in [0.5, 0.6) is 0 Å². The standard InChI is InChI=1S/C19H36N4O5S/c1-15(24)22(10-9-21(2)11-12-29(3,27)28)13-17(25)14-23-16-5-4-7-19(23,8-6-16)18(20)26/h16-17,25H,4-14H2,1-3H3,(H2,20,26)/t16-,17?,19+/m1/s1. The van der Waals surface area contributed by atoms with E-state index in [1.54, 1.807) is 4.90 Å². The Labute approximate surface area is 174 Å². The van der Waals surface area contributed by atoms with Gasteiger partial charge in [-0.15, -0.1) is 0 Å². The minimum Gasteiger partial charge on any atom is -0.390 e. The second kappa shape index (κ2) is 9.72. The predicted octanol–water partition coefficient (Wildman–Crippen LogP) is -0.955. The lowest BCUT2D eigenvalue weighted by Crippen LogP contribution is -2.60. The summed E-state index contributed by atoms with van der Waals surface area (Å²) < 4.78 is 22.6. The highest BCUT2D eigenvalue weighted by atomic mass is 32.2. The van der Waals surface area contributed by atoms with Gasteiger partial charge in [-0.05, 0) is 39.2 Å². The van der Waals surface area contributed by atoms with Crippen LogP contribution in [-0.4, -0.2) is 110 Å². The first-order valence-electron chi connectivity index (χ1n) is 10.3. The SMILES string of the molecule is CC(=O)N(CCN(C)CCS(C)(=O)=O)CC(O)CN1[C@@H]2CCC[C@@]1(C(N)=O)CC2. The molecule has 0 saturated carbocycles. The van der Waals surface area contributed by atoms with Crippen LogP contribution in [0, 0.1) is 0 Å². The molecule has 2 heterocycles. The Balaban J connectivity index is 1.90. The molecule has 3 atom stereocenters. The number of likely N-dealkylation sites (N-methyl/N-ethyl adjacent to an activating group) is 1. The lowest BCUT2D eigenvalue weighted by molar-refractivity contribution is -0.135. The highest BCUT2D eigenvalue weighted by molar-refractivity contribution is 7.90. The van der Waals surface area contributed by atoms with Gasteiger partial charge in [0.25, 0.3) is 0 Å². The summed E-state index contributed by atoms with van der Waals surface area (Å²) in [4.78, 5) is 29.7. The van der Waals surface area contributed by atoms with Gasteiger partial charge in [-0.3, -0.25) is 14.5 Å². The van der Waals surface area contributed by atoms with Crippen molar-refractivity contribution in [3.8, 4) is 0 Å². The molecular formula is C19H36N4O5S. The van der Waals surface area contributed by atoms with Crippen molar-refractivity contribution in [3.05, 3.63) is 0 Å². The molecule has 9 nitrogen and oxygen atoms in total. The van der Waals surface area contributed by atoms with Crippen molar-refractivity contribution in [3.63, 3.8) is 0 Å². The maximum atomic E-state index is 12.2. The average Bonchev–Trinajstić information content (AvgIpc) is 2.81. The zero-order chi connectivity index (χ0) is 21.8. The Morgan fingerprint density at radius 1 is 1.24 bits per heavy atom. The Hall–Kier alpha value is -1.23. The van der Waals surface area contributed by atoms with Gasteiger partial charge in [0.05, 0.1) is 11.9 Å². The van der Waals surface area contributed by atoms with Gasteiger partial charge < -0.3 is 20.6 Å². The maximum absolute atomic E-state index is 12.2. The van der Waals surface area contributed by atoms with Gasteiger partial charge in [-0.1, -0.05) is 0 Å². The number of hydrogen-bond acceptors (Lipinski definition) is 7. The normalized spacial score (nSPS) is 25.9. The minimum atomic E-state index is -3.03. The first-order valence-corrected chi connectivity index (χ1v) is 12.4. The second-order valence-corrected chi connectivity index (χ2v) is 10.9. The summed E-state index contributed by atoms with van der Waals surface area (Å²) in [5.74, 6) is -0.396. The van der Waals surface area contributed by atoms with Crippen molar-refractivity contribution in [2.45, 2.75) is 56.7 Å². The number of aliphatic hydroxyl groups excluding tert-OH is 1. The monoisotopic (exact) mass is 432 g/mol. The number of carbonyl (C=O) groups is 2. The van der Waals surface area contributed by atoms with Crippen molar-refractivity contribution in [1.82, 2.24) is 14.7 Å². The lowest BCUT2D eigenvalue weighted by Gasteiger charge is -2.44. The Morgan fingerprint density at radius 3 is 2.52 bits per heavy atom. The van der Waals surface area contributed by atoms with Crippen LogP contribution in [0.3, 0.4) is 0 Å². The quantitative estimate of drug-likeness (QED) is 0.431. The fraction of sp³-hybridized carbons (Fsp3) is 0.895. The molecule has 2 bridgehead atoms. The molecule has 3 N–H and O–H groups in total. The molecule has 1 unspecified atom stereocenters. The van der Waals surface area contributed by atoms with Crippen molar-refractivity contribution < 1.29 is 23.1 Å². The molecule has 29 heavy (non-hydrogen) atoms. The van der Waals surface area contributed by atoms with E-state index in [4.69, 9.17) is 5.73 Å². The van der Waals surface area contributed by atoms with Crippen molar-refractivity contribution in [2.75, 3.05) is 51.8 Å². The van der Waals surface area contributed by atoms with E-state index in [0.717, 1.165) is 32.1 Å². The van der Waals surface area contributed by atoms with Crippen LogP contribution in [0.4, 0.5) is 0 Å². The molecule has 0 spiro atoms. The van der Waals surface area contributed by atoms with Gasteiger partial charge in [0, 0.05) is 51.9 Å². The van der Waals surface area contributed by atoms with E-state index < -0.39 is 21.5 Å². The molecule has 2 fully saturated rings. The lowest BCUT2D eigenvalue weighted by atomic mass is 9.87. The summed E-state index contributed by atoms with van der Waals surface area (Å²) in [6, 6.07) is 0.263. The van der Waals surface area contributed by atoms with Crippen LogP contribution in [0.1, 0.15) is 39.0 Å². The van der Waals surface area contributed by atoms with Crippen LogP contribution in [0.2, 0.25) is 0 Å². The van der Waals surface area contributed by atoms with E-state index in [0.29, 0.717) is 26.2 Å². The number of fused-ring (bicyclic) bond motifs is 2. The smallest absolute Gasteiger partial charge is 0.237 e. The minimum absolute atomic E-state index is 0.0672. The van der Waals surface area contributed by atoms with Gasteiger partial charge in [0.1, 0.15) is 15.4 Å². The zero-order valence-electron chi connectivity index (χ0n) is 17.8. The van der Waals surface area contributed by atoms with Gasteiger partial charge in [-0.2, -0.15) is 0 Å². The summed E-state index contributed by atoms with van der Waals surface area (Å²) in [7, 11) is -1.22. The van der Waals surface area contributed by atoms with Crippen molar-refractivity contribution >= 4 is 21.7 Å². The highest BCUT2D eigenvalue weighted by Gasteiger charge is 2.52. The maximum Gasteiger partial charge on any atom is 0.237 e. The van der Waals surface area contributed by atoms with E-state index in [2.05, 4.69) is 4.90 Å². The molecule has 2 aliphatic heterocycles. The molecule has 168 valence electrons. The first kappa shape index (κ1) is 24.0. The topological polar surface area (TPSA) is 124 Å². The van der Waals surface area contributed by atoms with Crippen molar-refractivity contribution in [2.24, 2.45) is 5.73 Å². The molecule has 0 aromatic heterocycles. The molecular weight excluding hydrogens is 396 g/mol.